The van der Waals surface area contributed by atoms with Crippen LogP contribution in [0.3, 0.4) is 0 Å². The number of rotatable bonds is 7. The molecule has 0 saturated carbocycles. The molecule has 5 heteroatoms. The molecular weight excluding hydrogens is 261 g/mol. The molecule has 0 fully saturated rings. The first-order chi connectivity index (χ1) is 8.26. The summed E-state index contributed by atoms with van der Waals surface area (Å²) in [5.41, 5.74) is 0.952. The zero-order chi connectivity index (χ0) is 12.7. The van der Waals surface area contributed by atoms with E-state index in [4.69, 9.17) is 32.7 Å². The molecule has 0 heterocycles. The average Bonchev–Trinajstić information content (AvgIpc) is 2.37. The van der Waals surface area contributed by atoms with Crippen LogP contribution in [0.15, 0.2) is 18.2 Å². The first-order valence-corrected chi connectivity index (χ1v) is 6.42. The van der Waals surface area contributed by atoms with E-state index in [0.29, 0.717) is 11.8 Å². The number of benzene rings is 1. The number of hydrogen-bond acceptors (Lipinski definition) is 3. The third-order valence-corrected chi connectivity index (χ3v) is 2.77. The summed E-state index contributed by atoms with van der Waals surface area (Å²) in [6.45, 7) is 1.44. The fourth-order valence-electron chi connectivity index (χ4n) is 1.60. The predicted molar refractivity (Wildman–Crippen MR) is 73.2 cm³/mol. The Labute approximate surface area is 112 Å². The second kappa shape index (κ2) is 7.51. The van der Waals surface area contributed by atoms with Crippen molar-refractivity contribution < 1.29 is 9.47 Å². The van der Waals surface area contributed by atoms with Crippen molar-refractivity contribution >= 4 is 28.9 Å². The summed E-state index contributed by atoms with van der Waals surface area (Å²) < 4.78 is 10.5. The van der Waals surface area contributed by atoms with Gasteiger partial charge in [-0.1, -0.05) is 0 Å². The summed E-state index contributed by atoms with van der Waals surface area (Å²) in [5.74, 6) is 2.66. The number of methoxy groups -OCH3 is 2. The largest absolute Gasteiger partial charge is 0.497 e. The lowest BCUT2D eigenvalue weighted by Crippen LogP contribution is -2.28. The van der Waals surface area contributed by atoms with Crippen LogP contribution in [-0.2, 0) is 0 Å². The number of halogens is 2. The van der Waals surface area contributed by atoms with E-state index >= 15 is 0 Å². The molecule has 0 aliphatic rings. The molecule has 0 aromatic heterocycles. The molecule has 0 unspecified atom stereocenters. The summed E-state index contributed by atoms with van der Waals surface area (Å²) in [7, 11) is 3.28. The molecule has 0 radical (unpaired) electrons. The van der Waals surface area contributed by atoms with Crippen molar-refractivity contribution in [3.05, 3.63) is 18.2 Å². The lowest BCUT2D eigenvalue weighted by molar-refractivity contribution is 0.403. The van der Waals surface area contributed by atoms with E-state index in [-0.39, 0.29) is 0 Å². The van der Waals surface area contributed by atoms with Gasteiger partial charge >= 0.3 is 0 Å². The maximum atomic E-state index is 5.79. The molecule has 0 N–H and O–H groups in total. The number of anilines is 1. The molecule has 96 valence electrons. The van der Waals surface area contributed by atoms with E-state index in [1.54, 1.807) is 14.2 Å². The van der Waals surface area contributed by atoms with Gasteiger partial charge in [0, 0.05) is 30.9 Å². The fraction of sp³-hybridized carbons (Fsp3) is 0.500. The van der Waals surface area contributed by atoms with Crippen LogP contribution >= 0.6 is 23.2 Å². The van der Waals surface area contributed by atoms with E-state index in [1.807, 2.05) is 18.2 Å². The Morgan fingerprint density at radius 3 is 2.18 bits per heavy atom. The van der Waals surface area contributed by atoms with Crippen molar-refractivity contribution in [3.63, 3.8) is 0 Å². The van der Waals surface area contributed by atoms with Crippen LogP contribution in [0.2, 0.25) is 0 Å². The normalized spacial score (nSPS) is 10.1. The van der Waals surface area contributed by atoms with Gasteiger partial charge in [-0.05, 0) is 12.1 Å². The smallest absolute Gasteiger partial charge is 0.142 e. The zero-order valence-corrected chi connectivity index (χ0v) is 11.6. The molecule has 1 rings (SSSR count). The number of ether oxygens (including phenoxy) is 2. The molecule has 17 heavy (non-hydrogen) atoms. The summed E-state index contributed by atoms with van der Waals surface area (Å²) in [4.78, 5) is 2.08. The minimum atomic E-state index is 0.539. The third kappa shape index (κ3) is 3.86. The highest BCUT2D eigenvalue weighted by molar-refractivity contribution is 6.18. The second-order valence-electron chi connectivity index (χ2n) is 3.40. The van der Waals surface area contributed by atoms with Crippen LogP contribution in [0.4, 0.5) is 5.69 Å². The van der Waals surface area contributed by atoms with Gasteiger partial charge in [-0.3, -0.25) is 0 Å². The molecular formula is C12H17Cl2NO2. The number of alkyl halides is 2. The predicted octanol–water partition coefficient (Wildman–Crippen LogP) is 2.99. The van der Waals surface area contributed by atoms with Crippen molar-refractivity contribution in [2.45, 2.75) is 0 Å². The lowest BCUT2D eigenvalue weighted by atomic mass is 10.2. The second-order valence-corrected chi connectivity index (χ2v) is 4.16. The van der Waals surface area contributed by atoms with Crippen molar-refractivity contribution in [3.8, 4) is 11.5 Å². The summed E-state index contributed by atoms with van der Waals surface area (Å²) >= 11 is 11.6. The Kier molecular flexibility index (Phi) is 6.30. The van der Waals surface area contributed by atoms with Gasteiger partial charge in [0.05, 0.1) is 19.9 Å². The van der Waals surface area contributed by atoms with Crippen molar-refractivity contribution in [2.75, 3.05) is 44.0 Å². The molecule has 1 aromatic carbocycles. The molecule has 3 nitrogen and oxygen atoms in total. The SMILES string of the molecule is COc1ccc(OC)c(N(CCCl)CCCl)c1. The van der Waals surface area contributed by atoms with E-state index < -0.39 is 0 Å². The van der Waals surface area contributed by atoms with Gasteiger partial charge in [0.1, 0.15) is 11.5 Å². The fourth-order valence-corrected chi connectivity index (χ4v) is 2.01. The van der Waals surface area contributed by atoms with Gasteiger partial charge in [-0.2, -0.15) is 0 Å². The summed E-state index contributed by atoms with van der Waals surface area (Å²) in [6, 6.07) is 5.67. The van der Waals surface area contributed by atoms with Gasteiger partial charge in [0.2, 0.25) is 0 Å². The third-order valence-electron chi connectivity index (χ3n) is 2.44. The van der Waals surface area contributed by atoms with Crippen molar-refractivity contribution in [1.82, 2.24) is 0 Å². The van der Waals surface area contributed by atoms with Gasteiger partial charge in [0.15, 0.2) is 0 Å². The van der Waals surface area contributed by atoms with Gasteiger partial charge < -0.3 is 14.4 Å². The first-order valence-electron chi connectivity index (χ1n) is 5.35. The molecule has 0 aliphatic carbocycles. The molecule has 0 saturated heterocycles. The Balaban J connectivity index is 3.04. The molecule has 0 atom stereocenters. The first kappa shape index (κ1) is 14.3. The lowest BCUT2D eigenvalue weighted by Gasteiger charge is -2.25. The molecule has 1 aromatic rings. The Bertz CT molecular complexity index is 341. The van der Waals surface area contributed by atoms with Crippen molar-refractivity contribution in [2.24, 2.45) is 0 Å². The monoisotopic (exact) mass is 277 g/mol. The van der Waals surface area contributed by atoms with Gasteiger partial charge in [-0.15, -0.1) is 23.2 Å². The minimum Gasteiger partial charge on any atom is -0.497 e. The summed E-state index contributed by atoms with van der Waals surface area (Å²) in [6.07, 6.45) is 0. The standard InChI is InChI=1S/C12H17Cl2NO2/c1-16-10-3-4-12(17-2)11(9-10)15(7-5-13)8-6-14/h3-4,9H,5-8H2,1-2H3. The quantitative estimate of drug-likeness (QED) is 0.716. The van der Waals surface area contributed by atoms with Crippen LogP contribution in [0.25, 0.3) is 0 Å². The highest BCUT2D eigenvalue weighted by Gasteiger charge is 2.12. The topological polar surface area (TPSA) is 21.7 Å². The molecule has 0 amide bonds. The zero-order valence-electron chi connectivity index (χ0n) is 10.1. The van der Waals surface area contributed by atoms with Gasteiger partial charge in [0.25, 0.3) is 0 Å². The van der Waals surface area contributed by atoms with E-state index in [0.717, 1.165) is 30.3 Å². The minimum absolute atomic E-state index is 0.539. The maximum Gasteiger partial charge on any atom is 0.142 e. The van der Waals surface area contributed by atoms with E-state index in [9.17, 15) is 0 Å². The molecule has 0 spiro atoms. The van der Waals surface area contributed by atoms with Crippen molar-refractivity contribution in [1.29, 1.82) is 0 Å². The van der Waals surface area contributed by atoms with Crippen LogP contribution in [0.1, 0.15) is 0 Å². The number of nitrogens with zero attached hydrogens (tertiary/aromatic N) is 1. The summed E-state index contributed by atoms with van der Waals surface area (Å²) in [5, 5.41) is 0. The Hall–Kier alpha value is -0.800. The Morgan fingerprint density at radius 1 is 1.06 bits per heavy atom. The van der Waals surface area contributed by atoms with Gasteiger partial charge in [-0.25, -0.2) is 0 Å². The van der Waals surface area contributed by atoms with Crippen LogP contribution in [0.5, 0.6) is 11.5 Å². The molecule has 0 aliphatic heterocycles. The van der Waals surface area contributed by atoms with Crippen LogP contribution in [0, 0.1) is 0 Å². The van der Waals surface area contributed by atoms with E-state index in [1.165, 1.54) is 0 Å². The highest BCUT2D eigenvalue weighted by atomic mass is 35.5. The number of hydrogen-bond donors (Lipinski definition) is 0. The van der Waals surface area contributed by atoms with Crippen LogP contribution in [-0.4, -0.2) is 39.1 Å². The van der Waals surface area contributed by atoms with E-state index in [2.05, 4.69) is 4.90 Å². The molecule has 0 bridgehead atoms. The highest BCUT2D eigenvalue weighted by Crippen LogP contribution is 2.32. The Morgan fingerprint density at radius 2 is 1.71 bits per heavy atom. The average molecular weight is 278 g/mol. The maximum absolute atomic E-state index is 5.79. The van der Waals surface area contributed by atoms with Crippen LogP contribution < -0.4 is 14.4 Å².